The molecule has 8 nitrogen and oxygen atoms in total. The van der Waals surface area contributed by atoms with Crippen LogP contribution in [0.2, 0.25) is 0 Å². The molecule has 1 aromatic rings. The minimum atomic E-state index is -0.247. The number of hydrogen-bond acceptors (Lipinski definition) is 7. The predicted molar refractivity (Wildman–Crippen MR) is 106 cm³/mol. The molecule has 3 aliphatic rings. The number of rotatable bonds is 4. The van der Waals surface area contributed by atoms with Crippen molar-refractivity contribution in [1.82, 2.24) is 20.6 Å². The Morgan fingerprint density at radius 3 is 2.71 bits per heavy atom. The third kappa shape index (κ3) is 3.60. The van der Waals surface area contributed by atoms with Gasteiger partial charge in [0.1, 0.15) is 5.82 Å². The molecule has 1 spiro atoms. The van der Waals surface area contributed by atoms with E-state index in [1.165, 1.54) is 0 Å². The van der Waals surface area contributed by atoms with Gasteiger partial charge in [0.25, 0.3) is 5.91 Å². The van der Waals surface area contributed by atoms with Crippen LogP contribution in [-0.2, 0) is 9.47 Å². The molecule has 154 valence electrons. The lowest BCUT2D eigenvalue weighted by Crippen LogP contribution is -2.54. The largest absolute Gasteiger partial charge is 0.381 e. The molecule has 3 fully saturated rings. The van der Waals surface area contributed by atoms with Gasteiger partial charge in [-0.1, -0.05) is 0 Å². The van der Waals surface area contributed by atoms with Crippen molar-refractivity contribution in [3.05, 3.63) is 17.1 Å². The van der Waals surface area contributed by atoms with Gasteiger partial charge in [0.15, 0.2) is 0 Å². The highest BCUT2D eigenvalue weighted by molar-refractivity contribution is 5.90. The van der Waals surface area contributed by atoms with E-state index in [1.54, 1.807) is 7.05 Å². The summed E-state index contributed by atoms with van der Waals surface area (Å²) in [5.41, 5.74) is 1.84. The number of anilines is 1. The zero-order valence-electron chi connectivity index (χ0n) is 17.1. The second kappa shape index (κ2) is 7.93. The first-order valence-electron chi connectivity index (χ1n) is 10.3. The van der Waals surface area contributed by atoms with Crippen molar-refractivity contribution in [3.63, 3.8) is 0 Å². The Hall–Kier alpha value is -1.77. The number of nitrogens with zero attached hydrogens (tertiary/aromatic N) is 3. The number of aromatic nitrogens is 2. The van der Waals surface area contributed by atoms with Crippen LogP contribution in [-0.4, -0.2) is 73.5 Å². The number of hydrogen-bond donors (Lipinski definition) is 2. The topological polar surface area (TPSA) is 88.6 Å². The van der Waals surface area contributed by atoms with Crippen LogP contribution >= 0.6 is 0 Å². The average molecular weight is 390 g/mol. The molecule has 2 atom stereocenters. The second-order valence-electron chi connectivity index (χ2n) is 8.13. The number of ether oxygens (including phenoxy) is 2. The van der Waals surface area contributed by atoms with Gasteiger partial charge in [-0.2, -0.15) is 0 Å². The van der Waals surface area contributed by atoms with Gasteiger partial charge in [0.2, 0.25) is 5.82 Å². The van der Waals surface area contributed by atoms with E-state index in [-0.39, 0.29) is 17.3 Å². The van der Waals surface area contributed by atoms with Crippen LogP contribution in [0.1, 0.15) is 47.6 Å². The van der Waals surface area contributed by atoms with Crippen LogP contribution in [0.15, 0.2) is 0 Å². The summed E-state index contributed by atoms with van der Waals surface area (Å²) in [5.74, 6) is 0.865. The molecule has 3 saturated heterocycles. The number of carbonyl (C=O) groups excluding carboxylic acids is 1. The number of carbonyl (C=O) groups is 1. The van der Waals surface area contributed by atoms with E-state index in [2.05, 4.69) is 25.5 Å². The Balaban J connectivity index is 1.46. The smallest absolute Gasteiger partial charge is 0.288 e. The fourth-order valence-electron chi connectivity index (χ4n) is 4.70. The molecule has 1 unspecified atom stereocenters. The Bertz CT molecular complexity index is 735. The highest BCUT2D eigenvalue weighted by Gasteiger charge is 2.46. The van der Waals surface area contributed by atoms with Crippen molar-refractivity contribution in [2.45, 2.75) is 57.2 Å². The van der Waals surface area contributed by atoms with Crippen molar-refractivity contribution >= 4 is 11.7 Å². The van der Waals surface area contributed by atoms with E-state index < -0.39 is 0 Å². The van der Waals surface area contributed by atoms with E-state index in [4.69, 9.17) is 9.47 Å². The van der Waals surface area contributed by atoms with Crippen molar-refractivity contribution < 1.29 is 14.3 Å². The van der Waals surface area contributed by atoms with Crippen LogP contribution in [0.5, 0.6) is 0 Å². The summed E-state index contributed by atoms with van der Waals surface area (Å²) >= 11 is 0. The maximum Gasteiger partial charge on any atom is 0.288 e. The second-order valence-corrected chi connectivity index (χ2v) is 8.13. The molecule has 4 rings (SSSR count). The minimum Gasteiger partial charge on any atom is -0.381 e. The van der Waals surface area contributed by atoms with Gasteiger partial charge < -0.3 is 25.0 Å². The lowest BCUT2D eigenvalue weighted by molar-refractivity contribution is -0.0893. The fourth-order valence-corrected chi connectivity index (χ4v) is 4.70. The first kappa shape index (κ1) is 19.5. The quantitative estimate of drug-likeness (QED) is 0.793. The lowest BCUT2D eigenvalue weighted by Gasteiger charge is -2.39. The number of aryl methyl sites for hydroxylation is 1. The van der Waals surface area contributed by atoms with Crippen LogP contribution in [0.4, 0.5) is 5.82 Å². The molecule has 2 N–H and O–H groups in total. The Labute approximate surface area is 166 Å². The van der Waals surface area contributed by atoms with Crippen LogP contribution < -0.4 is 15.5 Å². The van der Waals surface area contributed by atoms with E-state index >= 15 is 0 Å². The van der Waals surface area contributed by atoms with Gasteiger partial charge in [-0.3, -0.25) is 4.79 Å². The summed E-state index contributed by atoms with van der Waals surface area (Å²) in [6.07, 6.45) is 4.06. The highest BCUT2D eigenvalue weighted by Crippen LogP contribution is 2.36. The summed E-state index contributed by atoms with van der Waals surface area (Å²) in [5, 5.41) is 6.49. The van der Waals surface area contributed by atoms with E-state index in [1.807, 2.05) is 13.8 Å². The van der Waals surface area contributed by atoms with Crippen LogP contribution in [0.25, 0.3) is 0 Å². The molecular formula is C20H31N5O3. The zero-order valence-corrected chi connectivity index (χ0v) is 17.1. The van der Waals surface area contributed by atoms with Crippen LogP contribution in [0.3, 0.4) is 0 Å². The summed E-state index contributed by atoms with van der Waals surface area (Å²) in [6.45, 7) is 8.17. The molecule has 0 radical (unpaired) electrons. The molecule has 0 bridgehead atoms. The molecule has 1 amide bonds. The molecular weight excluding hydrogens is 358 g/mol. The van der Waals surface area contributed by atoms with Crippen molar-refractivity contribution in [2.75, 3.05) is 44.9 Å². The maximum atomic E-state index is 12.0. The Kier molecular flexibility index (Phi) is 5.53. The predicted octanol–water partition coefficient (Wildman–Crippen LogP) is 0.959. The van der Waals surface area contributed by atoms with Crippen molar-refractivity contribution in [1.29, 1.82) is 0 Å². The monoisotopic (exact) mass is 389 g/mol. The van der Waals surface area contributed by atoms with Crippen LogP contribution in [0, 0.1) is 13.8 Å². The minimum absolute atomic E-state index is 0.0561. The summed E-state index contributed by atoms with van der Waals surface area (Å²) in [6, 6.07) is 0.778. The lowest BCUT2D eigenvalue weighted by atomic mass is 9.86. The molecule has 4 heterocycles. The molecule has 0 saturated carbocycles. The van der Waals surface area contributed by atoms with Gasteiger partial charge in [-0.25, -0.2) is 9.97 Å². The third-order valence-electron chi connectivity index (χ3n) is 6.49. The maximum absolute atomic E-state index is 12.0. The summed E-state index contributed by atoms with van der Waals surface area (Å²) in [7, 11) is 1.60. The molecule has 8 heteroatoms. The SMILES string of the molecule is CNC(=O)c1nc(C)c(C)c(N2CC[C@@H](NC3CCOC34CCOCC4)C2)n1. The first-order chi connectivity index (χ1) is 13.5. The highest BCUT2D eigenvalue weighted by atomic mass is 16.5. The molecule has 0 aromatic carbocycles. The van der Waals surface area contributed by atoms with E-state index in [0.717, 1.165) is 75.7 Å². The number of nitrogens with one attached hydrogen (secondary N) is 2. The third-order valence-corrected chi connectivity index (χ3v) is 6.49. The zero-order chi connectivity index (χ0) is 19.7. The first-order valence-corrected chi connectivity index (χ1v) is 10.3. The van der Waals surface area contributed by atoms with Crippen molar-refractivity contribution in [3.8, 4) is 0 Å². The van der Waals surface area contributed by atoms with E-state index in [0.29, 0.717) is 12.1 Å². The standard InChI is InChI=1S/C20H31N5O3/c1-13-14(2)22-17(19(26)21-3)24-18(13)25-8-4-15(12-25)23-16-5-9-28-20(16)6-10-27-11-7-20/h15-16,23H,4-12H2,1-3H3,(H,21,26)/t15-,16?/m1/s1. The Morgan fingerprint density at radius 2 is 1.96 bits per heavy atom. The molecule has 28 heavy (non-hydrogen) atoms. The number of amides is 1. The van der Waals surface area contributed by atoms with Crippen molar-refractivity contribution in [2.24, 2.45) is 0 Å². The van der Waals surface area contributed by atoms with Gasteiger partial charge in [0.05, 0.1) is 5.60 Å². The fraction of sp³-hybridized carbons (Fsp3) is 0.750. The van der Waals surface area contributed by atoms with Gasteiger partial charge in [-0.15, -0.1) is 0 Å². The Morgan fingerprint density at radius 1 is 1.18 bits per heavy atom. The van der Waals surface area contributed by atoms with Gasteiger partial charge in [0, 0.05) is 76.1 Å². The summed E-state index contributed by atoms with van der Waals surface area (Å²) < 4.78 is 11.7. The van der Waals surface area contributed by atoms with Gasteiger partial charge >= 0.3 is 0 Å². The van der Waals surface area contributed by atoms with Gasteiger partial charge in [-0.05, 0) is 26.7 Å². The average Bonchev–Trinajstić information content (AvgIpc) is 3.32. The molecule has 1 aromatic heterocycles. The molecule has 3 aliphatic heterocycles. The normalized spacial score (nSPS) is 26.8. The molecule has 0 aliphatic carbocycles. The summed E-state index contributed by atoms with van der Waals surface area (Å²) in [4.78, 5) is 23.2. The van der Waals surface area contributed by atoms with E-state index in [9.17, 15) is 4.79 Å².